The standard InChI is InChI=1S/C14H14N2O2S/c15-11-7-12-9(3-4-14(17)16-12)6-13(11)18-8-10-2-1-5-19-10/h1-2,5-7H,3-4,8,15H2,(H,16,17). The second kappa shape index (κ2) is 4.93. The zero-order valence-corrected chi connectivity index (χ0v) is 11.1. The van der Waals surface area contributed by atoms with E-state index in [1.165, 1.54) is 0 Å². The smallest absolute Gasteiger partial charge is 0.224 e. The van der Waals surface area contributed by atoms with Gasteiger partial charge in [0.15, 0.2) is 0 Å². The summed E-state index contributed by atoms with van der Waals surface area (Å²) < 4.78 is 5.75. The number of fused-ring (bicyclic) bond motifs is 1. The van der Waals surface area contributed by atoms with Crippen LogP contribution in [0.3, 0.4) is 0 Å². The first kappa shape index (κ1) is 12.0. The van der Waals surface area contributed by atoms with Gasteiger partial charge in [0.1, 0.15) is 12.4 Å². The Labute approximate surface area is 115 Å². The minimum atomic E-state index is 0.0409. The Bertz CT molecular complexity index is 608. The zero-order valence-electron chi connectivity index (χ0n) is 10.3. The van der Waals surface area contributed by atoms with Gasteiger partial charge in [-0.2, -0.15) is 0 Å². The van der Waals surface area contributed by atoms with Crippen molar-refractivity contribution in [3.8, 4) is 5.75 Å². The molecule has 19 heavy (non-hydrogen) atoms. The number of anilines is 2. The Kier molecular flexibility index (Phi) is 3.13. The highest BCUT2D eigenvalue weighted by molar-refractivity contribution is 7.09. The molecule has 0 bridgehead atoms. The van der Waals surface area contributed by atoms with Gasteiger partial charge in [-0.15, -0.1) is 11.3 Å². The summed E-state index contributed by atoms with van der Waals surface area (Å²) in [5.41, 5.74) is 8.39. The number of nitrogens with one attached hydrogen (secondary N) is 1. The van der Waals surface area contributed by atoms with Gasteiger partial charge in [-0.25, -0.2) is 0 Å². The number of carbonyl (C=O) groups excluding carboxylic acids is 1. The summed E-state index contributed by atoms with van der Waals surface area (Å²) in [7, 11) is 0. The molecule has 98 valence electrons. The lowest BCUT2D eigenvalue weighted by atomic mass is 10.0. The van der Waals surface area contributed by atoms with Crippen LogP contribution in [0.5, 0.6) is 5.75 Å². The number of thiophene rings is 1. The molecule has 5 heteroatoms. The highest BCUT2D eigenvalue weighted by Gasteiger charge is 2.17. The molecule has 1 aromatic heterocycles. The normalized spacial score (nSPS) is 13.8. The Hall–Kier alpha value is -2.01. The fraction of sp³-hybridized carbons (Fsp3) is 0.214. The second-order valence-electron chi connectivity index (χ2n) is 4.46. The van der Waals surface area contributed by atoms with Gasteiger partial charge in [-0.05, 0) is 35.6 Å². The van der Waals surface area contributed by atoms with Crippen molar-refractivity contribution in [1.29, 1.82) is 0 Å². The third kappa shape index (κ3) is 2.56. The second-order valence-corrected chi connectivity index (χ2v) is 5.50. The van der Waals surface area contributed by atoms with E-state index in [9.17, 15) is 4.79 Å². The van der Waals surface area contributed by atoms with Crippen LogP contribution in [0, 0.1) is 0 Å². The molecule has 0 spiro atoms. The van der Waals surface area contributed by atoms with E-state index in [1.807, 2.05) is 23.6 Å². The number of rotatable bonds is 3. The fourth-order valence-corrected chi connectivity index (χ4v) is 2.71. The molecule has 0 atom stereocenters. The molecule has 3 rings (SSSR count). The first-order valence-corrected chi connectivity index (χ1v) is 6.98. The molecule has 1 aromatic carbocycles. The average molecular weight is 274 g/mol. The van der Waals surface area contributed by atoms with Crippen LogP contribution in [0.25, 0.3) is 0 Å². The number of nitrogen functional groups attached to an aromatic ring is 1. The maximum Gasteiger partial charge on any atom is 0.224 e. The Morgan fingerprint density at radius 3 is 3.05 bits per heavy atom. The van der Waals surface area contributed by atoms with Crippen molar-refractivity contribution in [2.45, 2.75) is 19.4 Å². The molecule has 1 aliphatic rings. The van der Waals surface area contributed by atoms with Crippen LogP contribution < -0.4 is 15.8 Å². The highest BCUT2D eigenvalue weighted by Crippen LogP contribution is 2.33. The molecule has 3 N–H and O–H groups in total. The minimum absolute atomic E-state index is 0.0409. The lowest BCUT2D eigenvalue weighted by Crippen LogP contribution is -2.19. The first-order chi connectivity index (χ1) is 9.22. The summed E-state index contributed by atoms with van der Waals surface area (Å²) in [6, 6.07) is 7.72. The van der Waals surface area contributed by atoms with Crippen LogP contribution in [0.1, 0.15) is 16.9 Å². The van der Waals surface area contributed by atoms with Crippen molar-refractivity contribution in [2.75, 3.05) is 11.1 Å². The zero-order chi connectivity index (χ0) is 13.2. The van der Waals surface area contributed by atoms with Crippen molar-refractivity contribution < 1.29 is 9.53 Å². The van der Waals surface area contributed by atoms with Crippen molar-refractivity contribution in [3.63, 3.8) is 0 Å². The summed E-state index contributed by atoms with van der Waals surface area (Å²) in [6.07, 6.45) is 1.25. The lowest BCUT2D eigenvalue weighted by molar-refractivity contribution is -0.116. The summed E-state index contributed by atoms with van der Waals surface area (Å²) in [5.74, 6) is 0.724. The molecule has 2 heterocycles. The SMILES string of the molecule is Nc1cc2c(cc1OCc1cccs1)CCC(=O)N2. The average Bonchev–Trinajstić information content (AvgIpc) is 2.89. The van der Waals surface area contributed by atoms with Crippen molar-refractivity contribution in [2.24, 2.45) is 0 Å². The summed E-state index contributed by atoms with van der Waals surface area (Å²) in [6.45, 7) is 0.521. The van der Waals surface area contributed by atoms with Crippen LogP contribution in [0.15, 0.2) is 29.6 Å². The topological polar surface area (TPSA) is 64.3 Å². The maximum atomic E-state index is 11.3. The molecular weight excluding hydrogens is 260 g/mol. The molecule has 0 aliphatic carbocycles. The van der Waals surface area contributed by atoms with Crippen LogP contribution >= 0.6 is 11.3 Å². The van der Waals surface area contributed by atoms with Gasteiger partial charge >= 0.3 is 0 Å². The van der Waals surface area contributed by atoms with Crippen LogP contribution in [0.4, 0.5) is 11.4 Å². The monoisotopic (exact) mass is 274 g/mol. The summed E-state index contributed by atoms with van der Waals surface area (Å²) in [5, 5.41) is 4.84. The summed E-state index contributed by atoms with van der Waals surface area (Å²) >= 11 is 1.65. The van der Waals surface area contributed by atoms with Crippen LogP contribution in [-0.4, -0.2) is 5.91 Å². The van der Waals surface area contributed by atoms with Gasteiger partial charge in [0.05, 0.1) is 5.69 Å². The number of amides is 1. The molecule has 2 aromatic rings. The fourth-order valence-electron chi connectivity index (χ4n) is 2.09. The Balaban J connectivity index is 1.80. The Morgan fingerprint density at radius 2 is 2.26 bits per heavy atom. The lowest BCUT2D eigenvalue weighted by Gasteiger charge is -2.19. The van der Waals surface area contributed by atoms with E-state index in [0.717, 1.165) is 22.5 Å². The first-order valence-electron chi connectivity index (χ1n) is 6.10. The molecule has 0 unspecified atom stereocenters. The number of benzene rings is 1. The predicted molar refractivity (Wildman–Crippen MR) is 76.5 cm³/mol. The highest BCUT2D eigenvalue weighted by atomic mass is 32.1. The summed E-state index contributed by atoms with van der Waals surface area (Å²) in [4.78, 5) is 12.5. The van der Waals surface area contributed by atoms with E-state index in [4.69, 9.17) is 10.5 Å². The van der Waals surface area contributed by atoms with E-state index >= 15 is 0 Å². The molecular formula is C14H14N2O2S. The van der Waals surface area contributed by atoms with Crippen LogP contribution in [-0.2, 0) is 17.8 Å². The molecule has 0 saturated carbocycles. The third-order valence-electron chi connectivity index (χ3n) is 3.08. The number of nitrogens with two attached hydrogens (primary N) is 1. The van der Waals surface area contributed by atoms with Crippen LogP contribution in [0.2, 0.25) is 0 Å². The third-order valence-corrected chi connectivity index (χ3v) is 3.93. The quantitative estimate of drug-likeness (QED) is 0.846. The number of carbonyl (C=O) groups is 1. The number of aryl methyl sites for hydroxylation is 1. The molecule has 0 radical (unpaired) electrons. The predicted octanol–water partition coefficient (Wildman–Crippen LogP) is 2.79. The van der Waals surface area contributed by atoms with Crippen molar-refractivity contribution in [1.82, 2.24) is 0 Å². The van der Waals surface area contributed by atoms with E-state index in [-0.39, 0.29) is 5.91 Å². The van der Waals surface area contributed by atoms with Gasteiger partial charge in [0.2, 0.25) is 5.91 Å². The Morgan fingerprint density at radius 1 is 1.37 bits per heavy atom. The number of hydrogen-bond acceptors (Lipinski definition) is 4. The molecule has 0 saturated heterocycles. The molecule has 1 amide bonds. The molecule has 1 aliphatic heterocycles. The molecule has 0 fully saturated rings. The van der Waals surface area contributed by atoms with Gasteiger partial charge in [0, 0.05) is 17.0 Å². The van der Waals surface area contributed by atoms with Gasteiger partial charge in [0.25, 0.3) is 0 Å². The number of ether oxygens (including phenoxy) is 1. The minimum Gasteiger partial charge on any atom is -0.486 e. The van der Waals surface area contributed by atoms with Gasteiger partial charge in [-0.1, -0.05) is 6.07 Å². The van der Waals surface area contributed by atoms with Gasteiger partial charge in [-0.3, -0.25) is 4.79 Å². The van der Waals surface area contributed by atoms with Gasteiger partial charge < -0.3 is 15.8 Å². The van der Waals surface area contributed by atoms with Crippen molar-refractivity contribution >= 4 is 28.6 Å². The molecule has 4 nitrogen and oxygen atoms in total. The van der Waals surface area contributed by atoms with E-state index in [2.05, 4.69) is 5.32 Å². The van der Waals surface area contributed by atoms with E-state index in [1.54, 1.807) is 17.4 Å². The number of hydrogen-bond donors (Lipinski definition) is 2. The maximum absolute atomic E-state index is 11.3. The van der Waals surface area contributed by atoms with E-state index < -0.39 is 0 Å². The van der Waals surface area contributed by atoms with E-state index in [0.29, 0.717) is 24.5 Å². The largest absolute Gasteiger partial charge is 0.486 e. The van der Waals surface area contributed by atoms with Crippen molar-refractivity contribution in [3.05, 3.63) is 40.1 Å².